The van der Waals surface area contributed by atoms with Crippen LogP contribution < -0.4 is 10.2 Å². The zero-order valence-corrected chi connectivity index (χ0v) is 15.7. The van der Waals surface area contributed by atoms with Crippen molar-refractivity contribution in [2.45, 2.75) is 50.5 Å². The SMILES string of the molecule is O=C(NCc1ccccc1N1CCCC1)C1(c2cccc(F)c2)CCCC1. The summed E-state index contributed by atoms with van der Waals surface area (Å²) in [5.41, 5.74) is 2.59. The van der Waals surface area contributed by atoms with Crippen LogP contribution in [0, 0.1) is 5.82 Å². The summed E-state index contributed by atoms with van der Waals surface area (Å²) in [6.07, 6.45) is 6.04. The van der Waals surface area contributed by atoms with Crippen molar-refractivity contribution in [3.05, 3.63) is 65.5 Å². The second-order valence-corrected chi connectivity index (χ2v) is 7.81. The Morgan fingerprint density at radius 3 is 2.48 bits per heavy atom. The third-order valence-corrected chi connectivity index (χ3v) is 6.15. The molecular formula is C23H27FN2O. The Balaban J connectivity index is 1.53. The molecule has 2 aromatic rings. The van der Waals surface area contributed by atoms with E-state index < -0.39 is 5.41 Å². The Kier molecular flexibility index (Phi) is 5.15. The largest absolute Gasteiger partial charge is 0.371 e. The van der Waals surface area contributed by atoms with E-state index in [0.717, 1.165) is 49.9 Å². The Morgan fingerprint density at radius 2 is 1.74 bits per heavy atom. The van der Waals surface area contributed by atoms with Gasteiger partial charge in [0.05, 0.1) is 5.41 Å². The molecule has 1 saturated carbocycles. The van der Waals surface area contributed by atoms with Gasteiger partial charge in [-0.05, 0) is 55.0 Å². The first-order chi connectivity index (χ1) is 13.2. The summed E-state index contributed by atoms with van der Waals surface area (Å²) in [7, 11) is 0. The maximum absolute atomic E-state index is 13.8. The van der Waals surface area contributed by atoms with Gasteiger partial charge < -0.3 is 10.2 Å². The van der Waals surface area contributed by atoms with E-state index in [9.17, 15) is 9.18 Å². The molecule has 4 rings (SSSR count). The smallest absolute Gasteiger partial charge is 0.230 e. The Hall–Kier alpha value is -2.36. The minimum atomic E-state index is -0.593. The van der Waals surface area contributed by atoms with Gasteiger partial charge in [0.15, 0.2) is 0 Å². The van der Waals surface area contributed by atoms with E-state index in [1.54, 1.807) is 6.07 Å². The van der Waals surface area contributed by atoms with Crippen LogP contribution in [-0.2, 0) is 16.8 Å². The first-order valence-electron chi connectivity index (χ1n) is 10.1. The minimum absolute atomic E-state index is 0.0295. The van der Waals surface area contributed by atoms with E-state index in [4.69, 9.17) is 0 Å². The normalized spacial score (nSPS) is 18.6. The fourth-order valence-corrected chi connectivity index (χ4v) is 4.68. The van der Waals surface area contributed by atoms with E-state index in [0.29, 0.717) is 6.54 Å². The lowest BCUT2D eigenvalue weighted by molar-refractivity contribution is -0.126. The molecule has 142 valence electrons. The maximum atomic E-state index is 13.8. The number of carbonyl (C=O) groups excluding carboxylic acids is 1. The number of para-hydroxylation sites is 1. The van der Waals surface area contributed by atoms with E-state index in [1.807, 2.05) is 12.1 Å². The molecule has 1 aliphatic carbocycles. The fourth-order valence-electron chi connectivity index (χ4n) is 4.68. The Labute approximate surface area is 160 Å². The lowest BCUT2D eigenvalue weighted by Crippen LogP contribution is -2.42. The highest BCUT2D eigenvalue weighted by Gasteiger charge is 2.42. The molecule has 2 aromatic carbocycles. The molecule has 2 fully saturated rings. The number of carbonyl (C=O) groups is 1. The van der Waals surface area contributed by atoms with Gasteiger partial charge >= 0.3 is 0 Å². The first-order valence-corrected chi connectivity index (χ1v) is 10.1. The van der Waals surface area contributed by atoms with Crippen molar-refractivity contribution < 1.29 is 9.18 Å². The minimum Gasteiger partial charge on any atom is -0.371 e. The van der Waals surface area contributed by atoms with Crippen LogP contribution in [0.4, 0.5) is 10.1 Å². The molecular weight excluding hydrogens is 339 g/mol. The van der Waals surface area contributed by atoms with E-state index in [2.05, 4.69) is 28.4 Å². The van der Waals surface area contributed by atoms with Crippen molar-refractivity contribution in [2.75, 3.05) is 18.0 Å². The van der Waals surface area contributed by atoms with Crippen LogP contribution in [0.2, 0.25) is 0 Å². The molecule has 0 spiro atoms. The summed E-state index contributed by atoms with van der Waals surface area (Å²) in [6.45, 7) is 2.68. The Bertz CT molecular complexity index is 808. The lowest BCUT2D eigenvalue weighted by atomic mass is 9.78. The van der Waals surface area contributed by atoms with Gasteiger partial charge in [-0.15, -0.1) is 0 Å². The third-order valence-electron chi connectivity index (χ3n) is 6.15. The van der Waals surface area contributed by atoms with Crippen LogP contribution in [0.15, 0.2) is 48.5 Å². The predicted molar refractivity (Wildman–Crippen MR) is 106 cm³/mol. The number of rotatable bonds is 5. The number of hydrogen-bond donors (Lipinski definition) is 1. The quantitative estimate of drug-likeness (QED) is 0.842. The molecule has 0 unspecified atom stereocenters. The average Bonchev–Trinajstić information content (AvgIpc) is 3.39. The average molecular weight is 366 g/mol. The molecule has 1 heterocycles. The van der Waals surface area contributed by atoms with Crippen molar-refractivity contribution in [3.63, 3.8) is 0 Å². The zero-order valence-electron chi connectivity index (χ0n) is 15.7. The van der Waals surface area contributed by atoms with E-state index in [1.165, 1.54) is 30.7 Å². The fraction of sp³-hybridized carbons (Fsp3) is 0.435. The zero-order chi connectivity index (χ0) is 18.7. The molecule has 0 aromatic heterocycles. The molecule has 1 aliphatic heterocycles. The molecule has 1 N–H and O–H groups in total. The number of anilines is 1. The summed E-state index contributed by atoms with van der Waals surface area (Å²) in [4.78, 5) is 15.6. The van der Waals surface area contributed by atoms with Crippen molar-refractivity contribution in [1.82, 2.24) is 5.32 Å². The molecule has 1 saturated heterocycles. The number of amides is 1. The molecule has 0 bridgehead atoms. The van der Waals surface area contributed by atoms with Crippen LogP contribution in [-0.4, -0.2) is 19.0 Å². The molecule has 0 atom stereocenters. The van der Waals surface area contributed by atoms with Gasteiger partial charge in [0, 0.05) is 25.3 Å². The second-order valence-electron chi connectivity index (χ2n) is 7.81. The number of benzene rings is 2. The summed E-state index contributed by atoms with van der Waals surface area (Å²) in [5, 5.41) is 3.18. The first kappa shape index (κ1) is 18.0. The molecule has 2 aliphatic rings. The summed E-state index contributed by atoms with van der Waals surface area (Å²) < 4.78 is 13.8. The molecule has 27 heavy (non-hydrogen) atoms. The van der Waals surface area contributed by atoms with Gasteiger partial charge in [-0.25, -0.2) is 4.39 Å². The molecule has 0 radical (unpaired) electrons. The van der Waals surface area contributed by atoms with Crippen molar-refractivity contribution in [1.29, 1.82) is 0 Å². The Morgan fingerprint density at radius 1 is 1.00 bits per heavy atom. The van der Waals surface area contributed by atoms with Gasteiger partial charge in [0.1, 0.15) is 5.82 Å². The predicted octanol–water partition coefficient (Wildman–Crippen LogP) is 4.55. The van der Waals surface area contributed by atoms with Crippen molar-refractivity contribution in [2.24, 2.45) is 0 Å². The standard InChI is InChI=1S/C23H27FN2O/c24-20-10-7-9-19(16-20)23(12-3-4-13-23)22(27)25-17-18-8-1-2-11-21(18)26-14-5-6-15-26/h1-2,7-11,16H,3-6,12-15,17H2,(H,25,27). The summed E-state index contributed by atoms with van der Waals surface area (Å²) in [5.74, 6) is -0.243. The highest BCUT2D eigenvalue weighted by atomic mass is 19.1. The second kappa shape index (κ2) is 7.71. The molecule has 4 heteroatoms. The van der Waals surface area contributed by atoms with Crippen LogP contribution in [0.5, 0.6) is 0 Å². The highest BCUT2D eigenvalue weighted by molar-refractivity contribution is 5.88. The number of hydrogen-bond acceptors (Lipinski definition) is 2. The lowest BCUT2D eigenvalue weighted by Gasteiger charge is -2.29. The van der Waals surface area contributed by atoms with E-state index >= 15 is 0 Å². The van der Waals surface area contributed by atoms with Crippen molar-refractivity contribution >= 4 is 11.6 Å². The summed E-state index contributed by atoms with van der Waals surface area (Å²) in [6, 6.07) is 14.9. The van der Waals surface area contributed by atoms with E-state index in [-0.39, 0.29) is 11.7 Å². The highest BCUT2D eigenvalue weighted by Crippen LogP contribution is 2.41. The van der Waals surface area contributed by atoms with Crippen LogP contribution in [0.25, 0.3) is 0 Å². The number of nitrogens with zero attached hydrogens (tertiary/aromatic N) is 1. The monoisotopic (exact) mass is 366 g/mol. The summed E-state index contributed by atoms with van der Waals surface area (Å²) >= 11 is 0. The number of nitrogens with one attached hydrogen (secondary N) is 1. The van der Waals surface area contributed by atoms with Gasteiger partial charge in [-0.2, -0.15) is 0 Å². The van der Waals surface area contributed by atoms with Gasteiger partial charge in [-0.3, -0.25) is 4.79 Å². The number of halogens is 1. The third kappa shape index (κ3) is 3.58. The van der Waals surface area contributed by atoms with Crippen LogP contribution >= 0.6 is 0 Å². The topological polar surface area (TPSA) is 32.3 Å². The van der Waals surface area contributed by atoms with Crippen LogP contribution in [0.3, 0.4) is 0 Å². The maximum Gasteiger partial charge on any atom is 0.230 e. The van der Waals surface area contributed by atoms with Gasteiger partial charge in [0.25, 0.3) is 0 Å². The van der Waals surface area contributed by atoms with Crippen molar-refractivity contribution in [3.8, 4) is 0 Å². The molecule has 3 nitrogen and oxygen atoms in total. The van der Waals surface area contributed by atoms with Crippen LogP contribution in [0.1, 0.15) is 49.7 Å². The van der Waals surface area contributed by atoms with Gasteiger partial charge in [0.2, 0.25) is 5.91 Å². The molecule has 1 amide bonds. The van der Waals surface area contributed by atoms with Gasteiger partial charge in [-0.1, -0.05) is 43.2 Å².